The first kappa shape index (κ1) is 19.7. The number of anilines is 1. The molecule has 2 rings (SSSR count). The Balaban J connectivity index is 1.70. The van der Waals surface area contributed by atoms with Crippen molar-refractivity contribution in [2.45, 2.75) is 32.8 Å². The highest BCUT2D eigenvalue weighted by molar-refractivity contribution is 9.10. The normalized spacial score (nSPS) is 15.8. The molecule has 0 spiro atoms. The van der Waals surface area contributed by atoms with Gasteiger partial charge in [-0.3, -0.25) is 9.69 Å². The zero-order valence-electron chi connectivity index (χ0n) is 14.9. The molecule has 0 atom stereocenters. The molecule has 8 heteroatoms. The summed E-state index contributed by atoms with van der Waals surface area (Å²) in [5.74, 6) is 0.467. The lowest BCUT2D eigenvalue weighted by Crippen LogP contribution is -2.50. The first-order valence-electron chi connectivity index (χ1n) is 8.34. The lowest BCUT2D eigenvalue weighted by molar-refractivity contribution is -0.116. The third-order valence-electron chi connectivity index (χ3n) is 3.67. The number of ether oxygens (including phenoxy) is 1. The number of hydrogen-bond donors (Lipinski definition) is 1. The van der Waals surface area contributed by atoms with E-state index in [1.54, 1.807) is 23.2 Å². The minimum atomic E-state index is -0.479. The molecule has 0 saturated carbocycles. The maximum Gasteiger partial charge on any atom is 0.410 e. The van der Waals surface area contributed by atoms with Crippen LogP contribution in [-0.2, 0) is 9.53 Å². The molecule has 0 unspecified atom stereocenters. The number of nitrogens with one attached hydrogen (secondary N) is 1. The Morgan fingerprint density at radius 2 is 1.96 bits per heavy atom. The summed E-state index contributed by atoms with van der Waals surface area (Å²) >= 11 is 3.35. The van der Waals surface area contributed by atoms with Gasteiger partial charge in [0, 0.05) is 49.8 Å². The molecule has 138 valence electrons. The second kappa shape index (κ2) is 8.62. The summed E-state index contributed by atoms with van der Waals surface area (Å²) < 4.78 is 6.25. The molecule has 1 aromatic heterocycles. The zero-order chi connectivity index (χ0) is 18.4. The quantitative estimate of drug-likeness (QED) is 0.822. The van der Waals surface area contributed by atoms with E-state index in [0.29, 0.717) is 31.9 Å². The monoisotopic (exact) mass is 412 g/mol. The van der Waals surface area contributed by atoms with E-state index in [-0.39, 0.29) is 12.0 Å². The summed E-state index contributed by atoms with van der Waals surface area (Å²) in [6, 6.07) is 3.57. The van der Waals surface area contributed by atoms with E-state index in [0.717, 1.165) is 17.6 Å². The summed E-state index contributed by atoms with van der Waals surface area (Å²) in [5, 5.41) is 2.78. The molecule has 0 aromatic carbocycles. The van der Waals surface area contributed by atoms with Gasteiger partial charge in [0.1, 0.15) is 11.4 Å². The molecule has 1 N–H and O–H groups in total. The summed E-state index contributed by atoms with van der Waals surface area (Å²) in [6.45, 7) is 8.94. The van der Waals surface area contributed by atoms with Crippen LogP contribution in [0.1, 0.15) is 27.2 Å². The largest absolute Gasteiger partial charge is 0.444 e. The van der Waals surface area contributed by atoms with Crippen LogP contribution >= 0.6 is 15.9 Å². The Labute approximate surface area is 156 Å². The van der Waals surface area contributed by atoms with Gasteiger partial charge in [-0.05, 0) is 32.9 Å². The summed E-state index contributed by atoms with van der Waals surface area (Å²) in [6.07, 6.45) is 1.75. The lowest BCUT2D eigenvalue weighted by atomic mass is 10.2. The number of carbonyl (C=O) groups is 2. The highest BCUT2D eigenvalue weighted by Gasteiger charge is 2.25. The molecule has 1 saturated heterocycles. The van der Waals surface area contributed by atoms with E-state index in [4.69, 9.17) is 4.74 Å². The second-order valence-corrected chi connectivity index (χ2v) is 7.88. The van der Waals surface area contributed by atoms with E-state index in [9.17, 15) is 9.59 Å². The molecule has 2 amide bonds. The van der Waals surface area contributed by atoms with Crippen molar-refractivity contribution in [1.82, 2.24) is 14.8 Å². The zero-order valence-corrected chi connectivity index (χ0v) is 16.5. The van der Waals surface area contributed by atoms with Gasteiger partial charge >= 0.3 is 6.09 Å². The van der Waals surface area contributed by atoms with E-state index >= 15 is 0 Å². The van der Waals surface area contributed by atoms with Gasteiger partial charge in [0.25, 0.3) is 0 Å². The first-order valence-corrected chi connectivity index (χ1v) is 9.14. The number of aromatic nitrogens is 1. The Morgan fingerprint density at radius 3 is 2.56 bits per heavy atom. The lowest BCUT2D eigenvalue weighted by Gasteiger charge is -2.35. The van der Waals surface area contributed by atoms with Crippen molar-refractivity contribution >= 4 is 33.7 Å². The number of carbonyl (C=O) groups excluding carboxylic acids is 2. The van der Waals surface area contributed by atoms with Crippen molar-refractivity contribution < 1.29 is 14.3 Å². The van der Waals surface area contributed by atoms with Crippen LogP contribution in [0.4, 0.5) is 10.6 Å². The van der Waals surface area contributed by atoms with Crippen molar-refractivity contribution in [3.8, 4) is 0 Å². The van der Waals surface area contributed by atoms with Gasteiger partial charge in [-0.25, -0.2) is 9.78 Å². The van der Waals surface area contributed by atoms with Gasteiger partial charge in [0.2, 0.25) is 5.91 Å². The van der Waals surface area contributed by atoms with E-state index < -0.39 is 5.60 Å². The average Bonchev–Trinajstić information content (AvgIpc) is 2.52. The second-order valence-electron chi connectivity index (χ2n) is 6.97. The van der Waals surface area contributed by atoms with Gasteiger partial charge in [0.15, 0.2) is 0 Å². The van der Waals surface area contributed by atoms with Crippen molar-refractivity contribution in [2.24, 2.45) is 0 Å². The van der Waals surface area contributed by atoms with Crippen LogP contribution < -0.4 is 5.32 Å². The Kier molecular flexibility index (Phi) is 6.78. The topological polar surface area (TPSA) is 74.8 Å². The minimum Gasteiger partial charge on any atom is -0.444 e. The smallest absolute Gasteiger partial charge is 0.410 e. The maximum absolute atomic E-state index is 12.0. The molecule has 0 bridgehead atoms. The van der Waals surface area contributed by atoms with E-state index in [1.165, 1.54) is 0 Å². The third-order valence-corrected chi connectivity index (χ3v) is 4.16. The summed E-state index contributed by atoms with van der Waals surface area (Å²) in [4.78, 5) is 32.0. The van der Waals surface area contributed by atoms with Crippen LogP contribution in [0, 0.1) is 0 Å². The van der Waals surface area contributed by atoms with Crippen LogP contribution in [0.5, 0.6) is 0 Å². The fraction of sp³-hybridized carbons (Fsp3) is 0.588. The molecule has 25 heavy (non-hydrogen) atoms. The molecule has 0 radical (unpaired) electrons. The minimum absolute atomic E-state index is 0.0693. The predicted molar refractivity (Wildman–Crippen MR) is 99.4 cm³/mol. The number of piperazine rings is 1. The molecule has 1 aliphatic rings. The molecule has 1 fully saturated rings. The van der Waals surface area contributed by atoms with Gasteiger partial charge < -0.3 is 15.0 Å². The number of rotatable bonds is 4. The van der Waals surface area contributed by atoms with Crippen molar-refractivity contribution in [1.29, 1.82) is 0 Å². The number of amides is 2. The van der Waals surface area contributed by atoms with E-state index in [2.05, 4.69) is 31.1 Å². The van der Waals surface area contributed by atoms with Crippen LogP contribution in [0.15, 0.2) is 22.8 Å². The van der Waals surface area contributed by atoms with Crippen LogP contribution in [0.25, 0.3) is 0 Å². The Bertz CT molecular complexity index is 610. The van der Waals surface area contributed by atoms with E-state index in [1.807, 2.05) is 20.8 Å². The van der Waals surface area contributed by atoms with Gasteiger partial charge in [0.05, 0.1) is 0 Å². The predicted octanol–water partition coefficient (Wildman–Crippen LogP) is 2.73. The number of halogens is 1. The first-order chi connectivity index (χ1) is 11.7. The summed E-state index contributed by atoms with van der Waals surface area (Å²) in [5.41, 5.74) is -0.479. The highest BCUT2D eigenvalue weighted by atomic mass is 79.9. The number of nitrogens with zero attached hydrogens (tertiary/aromatic N) is 3. The SMILES string of the molecule is CC(C)(C)OC(=O)N1CCN(CCC(=O)Nc2cc(Br)ccn2)CC1. The molecule has 2 heterocycles. The van der Waals surface area contributed by atoms with Crippen LogP contribution in [-0.4, -0.2) is 65.1 Å². The van der Waals surface area contributed by atoms with Crippen molar-refractivity contribution in [3.63, 3.8) is 0 Å². The molecule has 1 aliphatic heterocycles. The number of pyridine rings is 1. The maximum atomic E-state index is 12.0. The highest BCUT2D eigenvalue weighted by Crippen LogP contribution is 2.14. The molecule has 0 aliphatic carbocycles. The van der Waals surface area contributed by atoms with Crippen molar-refractivity contribution in [2.75, 3.05) is 38.0 Å². The average molecular weight is 413 g/mol. The molecular formula is C17H25BrN4O3. The fourth-order valence-corrected chi connectivity index (χ4v) is 2.75. The van der Waals surface area contributed by atoms with Gasteiger partial charge in [-0.2, -0.15) is 0 Å². The van der Waals surface area contributed by atoms with Gasteiger partial charge in [-0.1, -0.05) is 15.9 Å². The van der Waals surface area contributed by atoms with Crippen LogP contribution in [0.2, 0.25) is 0 Å². The Morgan fingerprint density at radius 1 is 1.28 bits per heavy atom. The molecule has 7 nitrogen and oxygen atoms in total. The number of hydrogen-bond acceptors (Lipinski definition) is 5. The van der Waals surface area contributed by atoms with Crippen molar-refractivity contribution in [3.05, 3.63) is 22.8 Å². The third kappa shape index (κ3) is 6.99. The molecular weight excluding hydrogens is 388 g/mol. The standard InChI is InChI=1S/C17H25BrN4O3/c1-17(2,3)25-16(24)22-10-8-21(9-11-22)7-5-15(23)20-14-12-13(18)4-6-19-14/h4,6,12H,5,7-11H2,1-3H3,(H,19,20,23). The van der Waals surface area contributed by atoms with Gasteiger partial charge in [-0.15, -0.1) is 0 Å². The van der Waals surface area contributed by atoms with Crippen LogP contribution in [0.3, 0.4) is 0 Å². The summed E-state index contributed by atoms with van der Waals surface area (Å²) in [7, 11) is 0. The fourth-order valence-electron chi connectivity index (χ4n) is 2.42. The molecule has 1 aromatic rings. The Hall–Kier alpha value is -1.67.